The number of benzene rings is 1. The van der Waals surface area contributed by atoms with Gasteiger partial charge in [0.25, 0.3) is 0 Å². The Morgan fingerprint density at radius 2 is 1.39 bits per heavy atom. The van der Waals surface area contributed by atoms with Crippen molar-refractivity contribution < 1.29 is 24.2 Å². The first-order valence-corrected chi connectivity index (χ1v) is 11.7. The molecule has 0 aliphatic carbocycles. The van der Waals surface area contributed by atoms with Crippen LogP contribution in [0.4, 0.5) is 0 Å². The summed E-state index contributed by atoms with van der Waals surface area (Å²) in [6.07, 6.45) is 15.6. The maximum atomic E-state index is 10.9. The maximum absolute atomic E-state index is 10.9. The Hall–Kier alpha value is -3.22. The molecule has 0 radical (unpaired) electrons. The van der Waals surface area contributed by atoms with Crippen molar-refractivity contribution in [2.24, 2.45) is 0 Å². The molecular formula is C26H34N2O5. The molecule has 0 amide bonds. The van der Waals surface area contributed by atoms with Crippen molar-refractivity contribution in [2.45, 2.75) is 64.2 Å². The molecule has 0 atom stereocenters. The van der Waals surface area contributed by atoms with Gasteiger partial charge in [-0.15, -0.1) is 0 Å². The van der Waals surface area contributed by atoms with Gasteiger partial charge in [0.1, 0.15) is 5.75 Å². The zero-order valence-electron chi connectivity index (χ0n) is 19.2. The number of carbonyl (C=O) groups is 2. The Morgan fingerprint density at radius 1 is 0.818 bits per heavy atom. The molecule has 0 aliphatic rings. The van der Waals surface area contributed by atoms with E-state index in [0.29, 0.717) is 18.9 Å². The van der Waals surface area contributed by atoms with E-state index in [4.69, 9.17) is 14.6 Å². The number of aromatic carboxylic acids is 1. The first-order chi connectivity index (χ1) is 16.1. The summed E-state index contributed by atoms with van der Waals surface area (Å²) in [6.45, 7) is 4.57. The van der Waals surface area contributed by atoms with E-state index < -0.39 is 5.97 Å². The van der Waals surface area contributed by atoms with Crippen LogP contribution < -0.4 is 4.74 Å². The van der Waals surface area contributed by atoms with Gasteiger partial charge in [-0.05, 0) is 37.1 Å². The number of carboxylic acid groups (broad SMARTS) is 1. The van der Waals surface area contributed by atoms with Gasteiger partial charge in [-0.1, -0.05) is 57.9 Å². The Labute approximate surface area is 195 Å². The van der Waals surface area contributed by atoms with Gasteiger partial charge in [0.05, 0.1) is 31.3 Å². The largest absolute Gasteiger partial charge is 0.494 e. The van der Waals surface area contributed by atoms with Gasteiger partial charge < -0.3 is 14.6 Å². The van der Waals surface area contributed by atoms with Crippen molar-refractivity contribution in [3.63, 3.8) is 0 Å². The van der Waals surface area contributed by atoms with E-state index in [0.717, 1.165) is 37.0 Å². The topological polar surface area (TPSA) is 98.6 Å². The highest BCUT2D eigenvalue weighted by molar-refractivity contribution is 5.85. The SMILES string of the molecule is C=CC(=O)OCCCCCCCCCCCCOc1ccc(-c2cnc(C(=O)O)cn2)cc1. The standard InChI is InChI=1S/C26H34N2O5/c1-2-25(29)33-18-12-10-8-6-4-3-5-7-9-11-17-32-22-15-13-21(14-16-22)23-19-28-24(20-27-23)26(30)31/h2,13-16,19-20H,1,3-12,17-18H2,(H,30,31). The van der Waals surface area contributed by atoms with Gasteiger partial charge in [-0.3, -0.25) is 4.98 Å². The Bertz CT molecular complexity index is 850. The number of unbranched alkanes of at least 4 members (excludes halogenated alkanes) is 9. The molecule has 178 valence electrons. The summed E-state index contributed by atoms with van der Waals surface area (Å²) >= 11 is 0. The molecule has 7 heteroatoms. The third-order valence-corrected chi connectivity index (χ3v) is 5.24. The second-order valence-electron chi connectivity index (χ2n) is 7.87. The molecule has 0 aliphatic heterocycles. The number of aromatic nitrogens is 2. The third-order valence-electron chi connectivity index (χ3n) is 5.24. The first kappa shape index (κ1) is 26.0. The zero-order chi connectivity index (χ0) is 23.7. The van der Waals surface area contributed by atoms with Gasteiger partial charge >= 0.3 is 11.9 Å². The summed E-state index contributed by atoms with van der Waals surface area (Å²) in [5.41, 5.74) is 1.42. The Morgan fingerprint density at radius 3 is 1.91 bits per heavy atom. The summed E-state index contributed by atoms with van der Waals surface area (Å²) in [7, 11) is 0. The molecule has 33 heavy (non-hydrogen) atoms. The summed E-state index contributed by atoms with van der Waals surface area (Å²) in [5, 5.41) is 8.89. The van der Waals surface area contributed by atoms with Crippen molar-refractivity contribution in [2.75, 3.05) is 13.2 Å². The lowest BCUT2D eigenvalue weighted by Gasteiger charge is -2.07. The van der Waals surface area contributed by atoms with Gasteiger partial charge in [0, 0.05) is 11.6 Å². The number of ether oxygens (including phenoxy) is 2. The summed E-state index contributed by atoms with van der Waals surface area (Å²) < 4.78 is 10.8. The molecule has 0 spiro atoms. The monoisotopic (exact) mass is 454 g/mol. The summed E-state index contributed by atoms with van der Waals surface area (Å²) in [4.78, 5) is 29.8. The van der Waals surface area contributed by atoms with Crippen LogP contribution in [0.3, 0.4) is 0 Å². The molecular weight excluding hydrogens is 420 g/mol. The molecule has 0 unspecified atom stereocenters. The fraction of sp³-hybridized carbons (Fsp3) is 0.462. The van der Waals surface area contributed by atoms with Crippen molar-refractivity contribution >= 4 is 11.9 Å². The van der Waals surface area contributed by atoms with Crippen LogP contribution in [0.2, 0.25) is 0 Å². The minimum atomic E-state index is -1.09. The molecule has 0 saturated carbocycles. The smallest absolute Gasteiger partial charge is 0.356 e. The Kier molecular flexibility index (Phi) is 12.3. The quantitative estimate of drug-likeness (QED) is 0.182. The van der Waals surface area contributed by atoms with Gasteiger partial charge in [-0.2, -0.15) is 0 Å². The lowest BCUT2D eigenvalue weighted by atomic mass is 10.1. The van der Waals surface area contributed by atoms with E-state index in [1.807, 2.05) is 24.3 Å². The molecule has 1 N–H and O–H groups in total. The van der Waals surface area contributed by atoms with Gasteiger partial charge in [0.2, 0.25) is 0 Å². The second-order valence-corrected chi connectivity index (χ2v) is 7.87. The number of hydrogen-bond donors (Lipinski definition) is 1. The molecule has 2 aromatic rings. The van der Waals surface area contributed by atoms with Crippen LogP contribution >= 0.6 is 0 Å². The van der Waals surface area contributed by atoms with E-state index in [2.05, 4.69) is 16.5 Å². The predicted octanol–water partition coefficient (Wildman–Crippen LogP) is 5.85. The fourth-order valence-corrected chi connectivity index (χ4v) is 3.35. The van der Waals surface area contributed by atoms with E-state index >= 15 is 0 Å². The maximum Gasteiger partial charge on any atom is 0.356 e. The van der Waals surface area contributed by atoms with Crippen molar-refractivity contribution in [1.82, 2.24) is 9.97 Å². The number of carboxylic acids is 1. The van der Waals surface area contributed by atoms with Gasteiger partial charge in [-0.25, -0.2) is 14.6 Å². The molecule has 0 bridgehead atoms. The number of carbonyl (C=O) groups excluding carboxylic acids is 1. The number of hydrogen-bond acceptors (Lipinski definition) is 6. The van der Waals surface area contributed by atoms with E-state index in [-0.39, 0.29) is 11.7 Å². The van der Waals surface area contributed by atoms with E-state index in [1.54, 1.807) is 0 Å². The first-order valence-electron chi connectivity index (χ1n) is 11.7. The van der Waals surface area contributed by atoms with Crippen LogP contribution in [0.1, 0.15) is 74.7 Å². The Balaban J connectivity index is 1.46. The average Bonchev–Trinajstić information content (AvgIpc) is 2.84. The summed E-state index contributed by atoms with van der Waals surface area (Å²) in [5.74, 6) is -0.612. The minimum Gasteiger partial charge on any atom is -0.494 e. The van der Waals surface area contributed by atoms with Crippen LogP contribution in [0.5, 0.6) is 5.75 Å². The molecule has 0 saturated heterocycles. The van der Waals surface area contributed by atoms with Crippen LogP contribution in [-0.2, 0) is 9.53 Å². The average molecular weight is 455 g/mol. The number of esters is 1. The highest BCUT2D eigenvalue weighted by Gasteiger charge is 2.06. The molecule has 0 fully saturated rings. The van der Waals surface area contributed by atoms with Crippen LogP contribution in [0.15, 0.2) is 49.3 Å². The molecule has 1 heterocycles. The lowest BCUT2D eigenvalue weighted by Crippen LogP contribution is -2.01. The molecule has 1 aromatic heterocycles. The second kappa shape index (κ2) is 15.6. The minimum absolute atomic E-state index is 0.0700. The number of rotatable bonds is 17. The number of nitrogens with zero attached hydrogens (tertiary/aromatic N) is 2. The summed E-state index contributed by atoms with van der Waals surface area (Å²) in [6, 6.07) is 7.58. The molecule has 7 nitrogen and oxygen atoms in total. The lowest BCUT2D eigenvalue weighted by molar-refractivity contribution is -0.137. The van der Waals surface area contributed by atoms with Crippen molar-refractivity contribution in [3.05, 3.63) is 55.0 Å². The molecule has 1 aromatic carbocycles. The zero-order valence-corrected chi connectivity index (χ0v) is 19.2. The van der Waals surface area contributed by atoms with E-state index in [1.165, 1.54) is 57.0 Å². The highest BCUT2D eigenvalue weighted by atomic mass is 16.5. The normalized spacial score (nSPS) is 10.5. The van der Waals surface area contributed by atoms with Crippen LogP contribution in [0, 0.1) is 0 Å². The van der Waals surface area contributed by atoms with Crippen molar-refractivity contribution in [3.8, 4) is 17.0 Å². The fourth-order valence-electron chi connectivity index (χ4n) is 3.35. The highest BCUT2D eigenvalue weighted by Crippen LogP contribution is 2.20. The van der Waals surface area contributed by atoms with Gasteiger partial charge in [0.15, 0.2) is 5.69 Å². The molecule has 2 rings (SSSR count). The van der Waals surface area contributed by atoms with Crippen LogP contribution in [-0.4, -0.2) is 40.2 Å². The van der Waals surface area contributed by atoms with E-state index in [9.17, 15) is 9.59 Å². The predicted molar refractivity (Wildman–Crippen MR) is 127 cm³/mol. The van der Waals surface area contributed by atoms with Crippen LogP contribution in [0.25, 0.3) is 11.3 Å². The third kappa shape index (κ3) is 10.8. The van der Waals surface area contributed by atoms with Crippen molar-refractivity contribution in [1.29, 1.82) is 0 Å².